The minimum atomic E-state index is -1.11. The van der Waals surface area contributed by atoms with Gasteiger partial charge < -0.3 is 10.8 Å². The van der Waals surface area contributed by atoms with Gasteiger partial charge in [0, 0.05) is 10.7 Å². The molecular formula is C11H13ClN2O3. The fourth-order valence-corrected chi connectivity index (χ4v) is 1.51. The SMILES string of the molecule is CC(N)C(=O)N(CC(=O)O)c1cccc(Cl)c1. The molecule has 1 amide bonds. The standard InChI is InChI=1S/C11H13ClN2O3/c1-7(13)11(17)14(6-10(15)16)9-4-2-3-8(12)5-9/h2-5,7H,6,13H2,1H3,(H,15,16). The molecule has 92 valence electrons. The zero-order valence-electron chi connectivity index (χ0n) is 9.26. The Hall–Kier alpha value is -1.59. The minimum absolute atomic E-state index is 0.419. The van der Waals surface area contributed by atoms with E-state index in [1.165, 1.54) is 13.0 Å². The van der Waals surface area contributed by atoms with Crippen LogP contribution in [0.5, 0.6) is 0 Å². The summed E-state index contributed by atoms with van der Waals surface area (Å²) in [5, 5.41) is 9.20. The first-order valence-corrected chi connectivity index (χ1v) is 5.34. The first-order chi connectivity index (χ1) is 7.91. The van der Waals surface area contributed by atoms with E-state index < -0.39 is 24.5 Å². The van der Waals surface area contributed by atoms with Crippen molar-refractivity contribution in [2.24, 2.45) is 5.73 Å². The average Bonchev–Trinajstić information content (AvgIpc) is 2.24. The molecule has 1 rings (SSSR count). The number of carboxylic acids is 1. The van der Waals surface area contributed by atoms with Crippen molar-refractivity contribution >= 4 is 29.2 Å². The second-order valence-corrected chi connectivity index (χ2v) is 4.02. The monoisotopic (exact) mass is 256 g/mol. The number of halogens is 1. The Morgan fingerprint density at radius 1 is 1.53 bits per heavy atom. The molecule has 17 heavy (non-hydrogen) atoms. The fraction of sp³-hybridized carbons (Fsp3) is 0.273. The van der Waals surface area contributed by atoms with Crippen molar-refractivity contribution < 1.29 is 14.7 Å². The minimum Gasteiger partial charge on any atom is -0.480 e. The van der Waals surface area contributed by atoms with Gasteiger partial charge in [-0.1, -0.05) is 17.7 Å². The van der Waals surface area contributed by atoms with Gasteiger partial charge in [0.2, 0.25) is 5.91 Å². The predicted molar refractivity (Wildman–Crippen MR) is 65.1 cm³/mol. The molecule has 6 heteroatoms. The third-order valence-corrected chi connectivity index (χ3v) is 2.30. The van der Waals surface area contributed by atoms with Crippen molar-refractivity contribution in [1.29, 1.82) is 0 Å². The lowest BCUT2D eigenvalue weighted by Gasteiger charge is -2.22. The third-order valence-electron chi connectivity index (χ3n) is 2.07. The fourth-order valence-electron chi connectivity index (χ4n) is 1.32. The Morgan fingerprint density at radius 2 is 2.18 bits per heavy atom. The lowest BCUT2D eigenvalue weighted by Crippen LogP contribution is -2.44. The van der Waals surface area contributed by atoms with Crippen molar-refractivity contribution in [1.82, 2.24) is 0 Å². The van der Waals surface area contributed by atoms with E-state index in [4.69, 9.17) is 22.4 Å². The second kappa shape index (κ2) is 5.65. The number of nitrogens with two attached hydrogens (primary N) is 1. The molecule has 0 aliphatic rings. The van der Waals surface area contributed by atoms with Crippen LogP contribution in [0.4, 0.5) is 5.69 Å². The number of anilines is 1. The Balaban J connectivity index is 3.05. The molecule has 5 nitrogen and oxygen atoms in total. The van der Waals surface area contributed by atoms with Crippen molar-refractivity contribution in [3.05, 3.63) is 29.3 Å². The summed E-state index contributed by atoms with van der Waals surface area (Å²) in [6, 6.07) is 5.63. The Bertz CT molecular complexity index is 434. The van der Waals surface area contributed by atoms with Crippen LogP contribution in [0.1, 0.15) is 6.92 Å². The van der Waals surface area contributed by atoms with E-state index in [0.717, 1.165) is 4.90 Å². The van der Waals surface area contributed by atoms with E-state index in [2.05, 4.69) is 0 Å². The summed E-state index contributed by atoms with van der Waals surface area (Å²) in [7, 11) is 0. The highest BCUT2D eigenvalue weighted by molar-refractivity contribution is 6.31. The Labute approximate surface area is 104 Å². The molecule has 0 radical (unpaired) electrons. The van der Waals surface area contributed by atoms with Crippen LogP contribution < -0.4 is 10.6 Å². The molecule has 0 spiro atoms. The summed E-state index contributed by atoms with van der Waals surface area (Å²) in [5.41, 5.74) is 5.89. The maximum atomic E-state index is 11.8. The number of amides is 1. The molecule has 0 heterocycles. The van der Waals surface area contributed by atoms with Gasteiger partial charge in [0.25, 0.3) is 0 Å². The van der Waals surface area contributed by atoms with Crippen LogP contribution in [0, 0.1) is 0 Å². The van der Waals surface area contributed by atoms with Crippen LogP contribution in [0.2, 0.25) is 5.02 Å². The normalized spacial score (nSPS) is 11.9. The Morgan fingerprint density at radius 3 is 2.65 bits per heavy atom. The van der Waals surface area contributed by atoms with E-state index >= 15 is 0 Å². The summed E-state index contributed by atoms with van der Waals surface area (Å²) in [6.45, 7) is 1.06. The van der Waals surface area contributed by atoms with Gasteiger partial charge >= 0.3 is 5.97 Å². The lowest BCUT2D eigenvalue weighted by molar-refractivity contribution is -0.136. The number of aliphatic carboxylic acids is 1. The number of benzene rings is 1. The van der Waals surface area contributed by atoms with E-state index in [-0.39, 0.29) is 0 Å². The smallest absolute Gasteiger partial charge is 0.323 e. The summed E-state index contributed by atoms with van der Waals surface area (Å²) in [5.74, 6) is -1.58. The zero-order chi connectivity index (χ0) is 13.0. The van der Waals surface area contributed by atoms with Crippen LogP contribution in [-0.2, 0) is 9.59 Å². The van der Waals surface area contributed by atoms with E-state index in [9.17, 15) is 9.59 Å². The van der Waals surface area contributed by atoms with Gasteiger partial charge in [0.1, 0.15) is 6.54 Å². The average molecular weight is 257 g/mol. The highest BCUT2D eigenvalue weighted by Crippen LogP contribution is 2.19. The number of rotatable bonds is 4. The van der Waals surface area contributed by atoms with Crippen LogP contribution in [0.3, 0.4) is 0 Å². The topological polar surface area (TPSA) is 83.6 Å². The van der Waals surface area contributed by atoms with Gasteiger partial charge in [-0.05, 0) is 25.1 Å². The molecule has 1 unspecified atom stereocenters. The van der Waals surface area contributed by atoms with Crippen LogP contribution in [-0.4, -0.2) is 29.6 Å². The van der Waals surface area contributed by atoms with Crippen LogP contribution in [0.15, 0.2) is 24.3 Å². The molecule has 0 bridgehead atoms. The number of hydrogen-bond donors (Lipinski definition) is 2. The molecular weight excluding hydrogens is 244 g/mol. The molecule has 0 aliphatic heterocycles. The molecule has 0 fully saturated rings. The van der Waals surface area contributed by atoms with E-state index in [0.29, 0.717) is 10.7 Å². The predicted octanol–water partition coefficient (Wildman–Crippen LogP) is 1.10. The highest BCUT2D eigenvalue weighted by atomic mass is 35.5. The largest absolute Gasteiger partial charge is 0.480 e. The van der Waals surface area contributed by atoms with Crippen LogP contribution in [0.25, 0.3) is 0 Å². The van der Waals surface area contributed by atoms with Crippen molar-refractivity contribution in [2.75, 3.05) is 11.4 Å². The summed E-state index contributed by atoms with van der Waals surface area (Å²) < 4.78 is 0. The molecule has 0 aliphatic carbocycles. The van der Waals surface area contributed by atoms with Gasteiger partial charge in [-0.15, -0.1) is 0 Å². The second-order valence-electron chi connectivity index (χ2n) is 3.59. The maximum absolute atomic E-state index is 11.8. The molecule has 0 saturated carbocycles. The molecule has 0 aromatic heterocycles. The zero-order valence-corrected chi connectivity index (χ0v) is 10.0. The summed E-state index contributed by atoms with van der Waals surface area (Å²) in [6.07, 6.45) is 0. The highest BCUT2D eigenvalue weighted by Gasteiger charge is 2.21. The van der Waals surface area contributed by atoms with E-state index in [1.807, 2.05) is 0 Å². The molecule has 0 saturated heterocycles. The third kappa shape index (κ3) is 3.72. The first-order valence-electron chi connectivity index (χ1n) is 4.96. The summed E-state index contributed by atoms with van der Waals surface area (Å²) >= 11 is 5.79. The van der Waals surface area contributed by atoms with Gasteiger partial charge in [0.05, 0.1) is 6.04 Å². The van der Waals surface area contributed by atoms with Gasteiger partial charge in [-0.2, -0.15) is 0 Å². The molecule has 1 aromatic rings. The molecule has 3 N–H and O–H groups in total. The van der Waals surface area contributed by atoms with Gasteiger partial charge in [0.15, 0.2) is 0 Å². The molecule has 1 aromatic carbocycles. The quantitative estimate of drug-likeness (QED) is 0.845. The maximum Gasteiger partial charge on any atom is 0.323 e. The number of carbonyl (C=O) groups excluding carboxylic acids is 1. The van der Waals surface area contributed by atoms with Crippen molar-refractivity contribution in [3.63, 3.8) is 0 Å². The summed E-state index contributed by atoms with van der Waals surface area (Å²) in [4.78, 5) is 23.6. The van der Waals surface area contributed by atoms with Crippen LogP contribution >= 0.6 is 11.6 Å². The van der Waals surface area contributed by atoms with Gasteiger partial charge in [-0.3, -0.25) is 14.5 Å². The lowest BCUT2D eigenvalue weighted by atomic mass is 10.2. The van der Waals surface area contributed by atoms with Crippen molar-refractivity contribution in [2.45, 2.75) is 13.0 Å². The molecule has 1 atom stereocenters. The first kappa shape index (κ1) is 13.5. The number of carbonyl (C=O) groups is 2. The van der Waals surface area contributed by atoms with E-state index in [1.54, 1.807) is 18.2 Å². The van der Waals surface area contributed by atoms with Gasteiger partial charge in [-0.25, -0.2) is 0 Å². The Kier molecular flexibility index (Phi) is 4.48. The number of hydrogen-bond acceptors (Lipinski definition) is 3. The number of carboxylic acid groups (broad SMARTS) is 1. The van der Waals surface area contributed by atoms with Crippen molar-refractivity contribution in [3.8, 4) is 0 Å². The number of nitrogens with zero attached hydrogens (tertiary/aromatic N) is 1.